The molecule has 4 aromatic rings. The van der Waals surface area contributed by atoms with Gasteiger partial charge in [-0.05, 0) is 80.2 Å². The van der Waals surface area contributed by atoms with Gasteiger partial charge in [0.2, 0.25) is 0 Å². The van der Waals surface area contributed by atoms with Gasteiger partial charge in [0.15, 0.2) is 5.11 Å². The molecule has 0 unspecified atom stereocenters. The van der Waals surface area contributed by atoms with Gasteiger partial charge in [0, 0.05) is 11.3 Å². The number of nitrogens with zero attached hydrogens (tertiary/aromatic N) is 3. The molecule has 6 nitrogen and oxygen atoms in total. The molecule has 1 amide bonds. The third-order valence-electron chi connectivity index (χ3n) is 4.54. The number of anilines is 1. The lowest BCUT2D eigenvalue weighted by Crippen LogP contribution is -2.34. The van der Waals surface area contributed by atoms with E-state index in [9.17, 15) is 9.18 Å². The van der Waals surface area contributed by atoms with Crippen LogP contribution in [-0.2, 0) is 0 Å². The van der Waals surface area contributed by atoms with Crippen LogP contribution in [0.1, 0.15) is 21.5 Å². The van der Waals surface area contributed by atoms with Gasteiger partial charge in [0.25, 0.3) is 5.91 Å². The molecule has 0 fully saturated rings. The van der Waals surface area contributed by atoms with Gasteiger partial charge < -0.3 is 5.32 Å². The van der Waals surface area contributed by atoms with Gasteiger partial charge in [0.1, 0.15) is 16.9 Å². The zero-order valence-electron chi connectivity index (χ0n) is 16.3. The minimum Gasteiger partial charge on any atom is -0.332 e. The lowest BCUT2D eigenvalue weighted by molar-refractivity contribution is 0.0977. The van der Waals surface area contributed by atoms with Crippen molar-refractivity contribution in [2.45, 2.75) is 13.8 Å². The van der Waals surface area contributed by atoms with Crippen molar-refractivity contribution in [2.75, 3.05) is 5.32 Å². The molecule has 0 atom stereocenters. The van der Waals surface area contributed by atoms with Gasteiger partial charge in [-0.25, -0.2) is 4.39 Å². The SMILES string of the molecule is Cc1cccc(C(=O)NC(=S)Nc2cc3nn(-c4ccc(F)cc4)nc3cc2C)c1. The maximum atomic E-state index is 13.2. The lowest BCUT2D eigenvalue weighted by atomic mass is 10.1. The van der Waals surface area contributed by atoms with Gasteiger partial charge in [-0.2, -0.15) is 4.80 Å². The molecule has 0 spiro atoms. The van der Waals surface area contributed by atoms with Crippen LogP contribution >= 0.6 is 12.2 Å². The fraction of sp³-hybridized carbons (Fsp3) is 0.0909. The topological polar surface area (TPSA) is 71.8 Å². The van der Waals surface area contributed by atoms with Crippen LogP contribution in [0.2, 0.25) is 0 Å². The first kappa shape index (κ1) is 19.7. The molecule has 1 aromatic heterocycles. The number of fused-ring (bicyclic) bond motifs is 1. The van der Waals surface area contributed by atoms with Gasteiger partial charge in [0.05, 0.1) is 5.69 Å². The van der Waals surface area contributed by atoms with Crippen molar-refractivity contribution in [2.24, 2.45) is 0 Å². The molecule has 0 aliphatic rings. The molecular weight excluding hydrogens is 401 g/mol. The van der Waals surface area contributed by atoms with Crippen LogP contribution in [0, 0.1) is 19.7 Å². The fourth-order valence-corrected chi connectivity index (χ4v) is 3.21. The zero-order valence-corrected chi connectivity index (χ0v) is 17.1. The van der Waals surface area contributed by atoms with Crippen molar-refractivity contribution in [1.29, 1.82) is 0 Å². The highest BCUT2D eigenvalue weighted by Crippen LogP contribution is 2.22. The van der Waals surface area contributed by atoms with Gasteiger partial charge >= 0.3 is 0 Å². The van der Waals surface area contributed by atoms with Crippen LogP contribution in [0.3, 0.4) is 0 Å². The molecule has 0 radical (unpaired) electrons. The van der Waals surface area contributed by atoms with Crippen molar-refractivity contribution in [3.05, 3.63) is 83.2 Å². The number of aromatic nitrogens is 3. The number of aryl methyl sites for hydroxylation is 2. The summed E-state index contributed by atoms with van der Waals surface area (Å²) in [5.41, 5.74) is 5.11. The fourth-order valence-electron chi connectivity index (χ4n) is 3.01. The molecule has 3 aromatic carbocycles. The molecular formula is C22H18FN5OS. The maximum absolute atomic E-state index is 13.2. The van der Waals surface area contributed by atoms with E-state index >= 15 is 0 Å². The zero-order chi connectivity index (χ0) is 21.3. The molecule has 0 aliphatic carbocycles. The molecule has 30 heavy (non-hydrogen) atoms. The Balaban J connectivity index is 1.53. The van der Waals surface area contributed by atoms with E-state index in [1.54, 1.807) is 24.3 Å². The summed E-state index contributed by atoms with van der Waals surface area (Å²) in [4.78, 5) is 13.8. The first-order chi connectivity index (χ1) is 14.4. The number of hydrogen-bond acceptors (Lipinski definition) is 4. The van der Waals surface area contributed by atoms with E-state index in [1.807, 2.05) is 38.1 Å². The summed E-state index contributed by atoms with van der Waals surface area (Å²) in [6.07, 6.45) is 0. The summed E-state index contributed by atoms with van der Waals surface area (Å²) in [6, 6.07) is 16.9. The highest BCUT2D eigenvalue weighted by molar-refractivity contribution is 7.80. The van der Waals surface area contributed by atoms with E-state index in [0.29, 0.717) is 28.0 Å². The highest BCUT2D eigenvalue weighted by atomic mass is 32.1. The molecule has 2 N–H and O–H groups in total. The summed E-state index contributed by atoms with van der Waals surface area (Å²) >= 11 is 5.30. The number of hydrogen-bond donors (Lipinski definition) is 2. The standard InChI is InChI=1S/C22H18FN5OS/c1-13-4-3-5-15(10-13)21(29)25-22(30)24-18-12-20-19(11-14(18)2)26-28(27-20)17-8-6-16(23)7-9-17/h3-12H,1-2H3,(H2,24,25,29,30). The van der Waals surface area contributed by atoms with E-state index in [1.165, 1.54) is 16.9 Å². The van der Waals surface area contributed by atoms with E-state index in [2.05, 4.69) is 20.8 Å². The summed E-state index contributed by atoms with van der Waals surface area (Å²) in [5, 5.41) is 14.8. The van der Waals surface area contributed by atoms with Crippen LogP contribution in [0.4, 0.5) is 10.1 Å². The van der Waals surface area contributed by atoms with Crippen molar-refractivity contribution in [3.63, 3.8) is 0 Å². The second kappa shape index (κ2) is 8.00. The van der Waals surface area contributed by atoms with Crippen LogP contribution in [0.5, 0.6) is 0 Å². The van der Waals surface area contributed by atoms with Gasteiger partial charge in [-0.15, -0.1) is 10.2 Å². The third-order valence-corrected chi connectivity index (χ3v) is 4.74. The molecule has 0 saturated carbocycles. The minimum atomic E-state index is -0.320. The average Bonchev–Trinajstić information content (AvgIpc) is 3.11. The van der Waals surface area contributed by atoms with Crippen LogP contribution in [0.15, 0.2) is 60.7 Å². The Morgan fingerprint density at radius 3 is 2.40 bits per heavy atom. The van der Waals surface area contributed by atoms with Gasteiger partial charge in [-0.3, -0.25) is 10.1 Å². The Morgan fingerprint density at radius 2 is 1.70 bits per heavy atom. The summed E-state index contributed by atoms with van der Waals surface area (Å²) in [6.45, 7) is 3.83. The predicted octanol–water partition coefficient (Wildman–Crippen LogP) is 4.30. The number of thiocarbonyl (C=S) groups is 1. The largest absolute Gasteiger partial charge is 0.332 e. The van der Waals surface area contributed by atoms with Crippen molar-refractivity contribution in [1.82, 2.24) is 20.3 Å². The molecule has 0 bridgehead atoms. The number of halogens is 1. The van der Waals surface area contributed by atoms with Crippen LogP contribution in [-0.4, -0.2) is 26.0 Å². The summed E-state index contributed by atoms with van der Waals surface area (Å²) < 4.78 is 13.2. The lowest BCUT2D eigenvalue weighted by Gasteiger charge is -2.11. The molecule has 1 heterocycles. The van der Waals surface area contributed by atoms with Gasteiger partial charge in [-0.1, -0.05) is 17.7 Å². The Labute approximate surface area is 177 Å². The molecule has 0 saturated heterocycles. The van der Waals surface area contributed by atoms with Crippen LogP contribution in [0.25, 0.3) is 16.7 Å². The third kappa shape index (κ3) is 4.18. The monoisotopic (exact) mass is 419 g/mol. The number of amides is 1. The minimum absolute atomic E-state index is 0.190. The number of carbonyl (C=O) groups excluding carboxylic acids is 1. The van der Waals surface area contributed by atoms with E-state index in [-0.39, 0.29) is 16.8 Å². The Hall–Kier alpha value is -3.65. The number of rotatable bonds is 3. The first-order valence-corrected chi connectivity index (χ1v) is 9.62. The van der Waals surface area contributed by atoms with Crippen LogP contribution < -0.4 is 10.6 Å². The summed E-state index contributed by atoms with van der Waals surface area (Å²) in [5.74, 6) is -0.601. The number of benzene rings is 3. The quantitative estimate of drug-likeness (QED) is 0.485. The van der Waals surface area contributed by atoms with E-state index < -0.39 is 0 Å². The Kier molecular flexibility index (Phi) is 5.24. The van der Waals surface area contributed by atoms with Crippen molar-refractivity contribution >= 4 is 40.0 Å². The van der Waals surface area contributed by atoms with E-state index in [0.717, 1.165) is 11.1 Å². The van der Waals surface area contributed by atoms with E-state index in [4.69, 9.17) is 12.2 Å². The Morgan fingerprint density at radius 1 is 1.00 bits per heavy atom. The molecule has 8 heteroatoms. The number of carbonyl (C=O) groups is 1. The Bertz CT molecular complexity index is 1270. The van der Waals surface area contributed by atoms with Crippen molar-refractivity contribution in [3.8, 4) is 5.69 Å². The normalized spacial score (nSPS) is 10.8. The second-order valence-electron chi connectivity index (χ2n) is 6.90. The number of nitrogens with one attached hydrogen (secondary N) is 2. The predicted molar refractivity (Wildman–Crippen MR) is 118 cm³/mol. The molecule has 150 valence electrons. The maximum Gasteiger partial charge on any atom is 0.257 e. The molecule has 4 rings (SSSR count). The average molecular weight is 419 g/mol. The van der Waals surface area contributed by atoms with Crippen molar-refractivity contribution < 1.29 is 9.18 Å². The second-order valence-corrected chi connectivity index (χ2v) is 7.31. The smallest absolute Gasteiger partial charge is 0.257 e. The first-order valence-electron chi connectivity index (χ1n) is 9.22. The molecule has 0 aliphatic heterocycles. The summed E-state index contributed by atoms with van der Waals surface area (Å²) in [7, 11) is 0. The highest BCUT2D eigenvalue weighted by Gasteiger charge is 2.12.